The van der Waals surface area contributed by atoms with E-state index in [0.29, 0.717) is 31.9 Å². The van der Waals surface area contributed by atoms with Gasteiger partial charge in [-0.15, -0.1) is 0 Å². The number of hydrogen-bond donors (Lipinski definition) is 2. The zero-order valence-electron chi connectivity index (χ0n) is 32.9. The molecule has 3 N–H and O–H groups in total. The number of nitrogens with one attached hydrogen (secondary N) is 1. The van der Waals surface area contributed by atoms with Crippen LogP contribution in [-0.4, -0.2) is 128 Å². The number of para-hydroxylation sites is 1. The molecule has 4 fully saturated rings. The molecule has 6 amide bonds. The molecular formula is C44H44N10O6. The van der Waals surface area contributed by atoms with Gasteiger partial charge < -0.3 is 25.2 Å². The number of amides is 6. The lowest BCUT2D eigenvalue weighted by Gasteiger charge is -2.49. The molecule has 5 aliphatic rings. The zero-order chi connectivity index (χ0) is 41.1. The molecule has 16 nitrogen and oxygen atoms in total. The SMILES string of the molecule is Nc1ccnc2c1c(-c1ccc(Oc3ccccc3)cc1)nn2C1CCN(C(=O)N2CC(N3CCN(c4ccc5c(c4)C(=O)N([C@H]4CCC(=O)NC4=O)C5=O)CC3)C2)CC1. The molecule has 5 aliphatic heterocycles. The monoisotopic (exact) mass is 808 g/mol. The summed E-state index contributed by atoms with van der Waals surface area (Å²) in [5.74, 6) is -0.548. The van der Waals surface area contributed by atoms with E-state index in [2.05, 4.69) is 15.1 Å². The number of likely N-dealkylation sites (tertiary alicyclic amines) is 2. The van der Waals surface area contributed by atoms with E-state index < -0.39 is 29.7 Å². The molecule has 16 heteroatoms. The van der Waals surface area contributed by atoms with Gasteiger partial charge in [0.2, 0.25) is 11.8 Å². The van der Waals surface area contributed by atoms with Crippen LogP contribution in [0.4, 0.5) is 16.2 Å². The van der Waals surface area contributed by atoms with E-state index >= 15 is 0 Å². The highest BCUT2D eigenvalue weighted by Crippen LogP contribution is 2.37. The van der Waals surface area contributed by atoms with Crippen molar-refractivity contribution in [2.24, 2.45) is 0 Å². The van der Waals surface area contributed by atoms with Gasteiger partial charge in [0.1, 0.15) is 23.2 Å². The summed E-state index contributed by atoms with van der Waals surface area (Å²) in [6.45, 7) is 5.65. The van der Waals surface area contributed by atoms with Crippen molar-refractivity contribution in [3.8, 4) is 22.8 Å². The van der Waals surface area contributed by atoms with Crippen molar-refractivity contribution in [2.75, 3.05) is 63.0 Å². The van der Waals surface area contributed by atoms with Crippen molar-refractivity contribution in [1.29, 1.82) is 0 Å². The molecule has 0 bridgehead atoms. The van der Waals surface area contributed by atoms with E-state index in [1.54, 1.807) is 24.4 Å². The van der Waals surface area contributed by atoms with Gasteiger partial charge in [0.05, 0.1) is 22.6 Å². The molecule has 1 atom stereocenters. The zero-order valence-corrected chi connectivity index (χ0v) is 32.9. The van der Waals surface area contributed by atoms with E-state index in [1.165, 1.54) is 0 Å². The van der Waals surface area contributed by atoms with Crippen LogP contribution in [-0.2, 0) is 9.59 Å². The maximum Gasteiger partial charge on any atom is 0.320 e. The first-order chi connectivity index (χ1) is 29.2. The normalized spacial score (nSPS) is 20.4. The van der Waals surface area contributed by atoms with E-state index in [9.17, 15) is 24.0 Å². The molecule has 4 saturated heterocycles. The molecule has 306 valence electrons. The lowest BCUT2D eigenvalue weighted by molar-refractivity contribution is -0.136. The van der Waals surface area contributed by atoms with Gasteiger partial charge in [-0.25, -0.2) is 14.5 Å². The number of pyridine rings is 1. The van der Waals surface area contributed by atoms with Gasteiger partial charge in [-0.2, -0.15) is 5.10 Å². The quantitative estimate of drug-likeness (QED) is 0.226. The van der Waals surface area contributed by atoms with Crippen LogP contribution in [0, 0.1) is 0 Å². The van der Waals surface area contributed by atoms with Gasteiger partial charge in [0, 0.05) is 88.0 Å². The number of anilines is 2. The molecule has 60 heavy (non-hydrogen) atoms. The largest absolute Gasteiger partial charge is 0.457 e. The molecule has 2 aromatic heterocycles. The molecule has 0 spiro atoms. The molecular weight excluding hydrogens is 765 g/mol. The Hall–Kier alpha value is -6.81. The van der Waals surface area contributed by atoms with Gasteiger partial charge in [0.15, 0.2) is 5.65 Å². The average molecular weight is 809 g/mol. The first-order valence-electron chi connectivity index (χ1n) is 20.5. The van der Waals surface area contributed by atoms with Gasteiger partial charge in [0.25, 0.3) is 11.8 Å². The minimum Gasteiger partial charge on any atom is -0.457 e. The Balaban J connectivity index is 0.723. The Morgan fingerprint density at radius 1 is 0.750 bits per heavy atom. The highest BCUT2D eigenvalue weighted by molar-refractivity contribution is 6.23. The fourth-order valence-electron chi connectivity index (χ4n) is 9.19. The number of carbonyl (C=O) groups is 5. The number of imide groups is 2. The third kappa shape index (κ3) is 6.66. The lowest BCUT2D eigenvalue weighted by Crippen LogP contribution is -2.66. The van der Waals surface area contributed by atoms with Gasteiger partial charge in [-0.05, 0) is 79.9 Å². The first-order valence-corrected chi connectivity index (χ1v) is 20.5. The maximum absolute atomic E-state index is 13.6. The van der Waals surface area contributed by atoms with Gasteiger partial charge >= 0.3 is 6.03 Å². The molecule has 0 aliphatic carbocycles. The maximum atomic E-state index is 13.6. The Kier molecular flexibility index (Phi) is 9.42. The van der Waals surface area contributed by atoms with Crippen molar-refractivity contribution in [2.45, 2.75) is 43.8 Å². The minimum atomic E-state index is -0.991. The highest BCUT2D eigenvalue weighted by Gasteiger charge is 2.45. The summed E-state index contributed by atoms with van der Waals surface area (Å²) < 4.78 is 7.99. The summed E-state index contributed by atoms with van der Waals surface area (Å²) in [6.07, 6.45) is 3.41. The Labute approximate surface area is 345 Å². The van der Waals surface area contributed by atoms with E-state index in [4.69, 9.17) is 20.6 Å². The fourth-order valence-corrected chi connectivity index (χ4v) is 9.19. The standard InChI is InChI=1S/C44H44N10O6/c45-35-14-17-46-40-38(35)39(27-6-9-32(10-7-27)60-31-4-2-1-3-5-31)48-54(40)28-15-18-51(19-16-28)44(59)52-25-30(26-52)50-22-20-49(21-23-50)29-8-11-33-34(24-29)43(58)53(42(33)57)36-12-13-37(55)47-41(36)56/h1-11,14,17,24,28,30,36H,12-13,15-16,18-23,25-26H2,(H2,45,46)(H,47,55,56)/t36-/m0/s1. The molecule has 7 heterocycles. The Morgan fingerprint density at radius 3 is 2.20 bits per heavy atom. The van der Waals surface area contributed by atoms with E-state index in [-0.39, 0.29) is 42.1 Å². The number of aromatic nitrogens is 3. The van der Waals surface area contributed by atoms with Gasteiger partial charge in [-0.1, -0.05) is 18.2 Å². The summed E-state index contributed by atoms with van der Waals surface area (Å²) in [5.41, 5.74) is 11.0. The molecule has 0 saturated carbocycles. The number of nitrogen functional groups attached to an aromatic ring is 1. The second kappa shape index (κ2) is 15.1. The fraction of sp³-hybridized carbons (Fsp3) is 0.341. The predicted octanol–water partition coefficient (Wildman–Crippen LogP) is 4.14. The minimum absolute atomic E-state index is 0.0641. The molecule has 0 unspecified atom stereocenters. The highest BCUT2D eigenvalue weighted by atomic mass is 16.5. The summed E-state index contributed by atoms with van der Waals surface area (Å²) in [7, 11) is 0. The Morgan fingerprint density at radius 2 is 1.47 bits per heavy atom. The number of urea groups is 1. The summed E-state index contributed by atoms with van der Waals surface area (Å²) >= 11 is 0. The van der Waals surface area contributed by atoms with Gasteiger partial charge in [-0.3, -0.25) is 34.3 Å². The first kappa shape index (κ1) is 37.5. The number of fused-ring (bicyclic) bond motifs is 2. The second-order valence-corrected chi connectivity index (χ2v) is 16.1. The number of benzene rings is 3. The van der Waals surface area contributed by atoms with Crippen molar-refractivity contribution in [1.82, 2.24) is 39.7 Å². The van der Waals surface area contributed by atoms with Crippen LogP contribution in [0.3, 0.4) is 0 Å². The number of rotatable bonds is 7. The number of ether oxygens (including phenoxy) is 1. The average Bonchev–Trinajstić information content (AvgIpc) is 3.76. The number of hydrogen-bond acceptors (Lipinski definition) is 11. The molecule has 5 aromatic rings. The smallest absolute Gasteiger partial charge is 0.320 e. The summed E-state index contributed by atoms with van der Waals surface area (Å²) in [4.78, 5) is 78.5. The predicted molar refractivity (Wildman–Crippen MR) is 221 cm³/mol. The van der Waals surface area contributed by atoms with Crippen LogP contribution in [0.2, 0.25) is 0 Å². The van der Waals surface area contributed by atoms with Crippen LogP contribution in [0.15, 0.2) is 85.1 Å². The molecule has 3 aromatic carbocycles. The topological polar surface area (TPSA) is 180 Å². The number of piperazine rings is 1. The third-order valence-corrected chi connectivity index (χ3v) is 12.6. The van der Waals surface area contributed by atoms with Crippen molar-refractivity contribution < 1.29 is 28.7 Å². The number of nitrogens with zero attached hydrogens (tertiary/aromatic N) is 8. The van der Waals surface area contributed by atoms with Crippen LogP contribution in [0.25, 0.3) is 22.3 Å². The number of nitrogens with two attached hydrogens (primary N) is 1. The number of piperidine rings is 2. The summed E-state index contributed by atoms with van der Waals surface area (Å²) in [5, 5.41) is 8.14. The van der Waals surface area contributed by atoms with Crippen LogP contribution in [0.1, 0.15) is 52.4 Å². The van der Waals surface area contributed by atoms with Crippen LogP contribution >= 0.6 is 0 Å². The van der Waals surface area contributed by atoms with E-state index in [0.717, 1.165) is 83.4 Å². The third-order valence-electron chi connectivity index (χ3n) is 12.6. The van der Waals surface area contributed by atoms with Crippen LogP contribution in [0.5, 0.6) is 11.5 Å². The Bertz CT molecular complexity index is 2520. The lowest BCUT2D eigenvalue weighted by atomic mass is 10.0. The second-order valence-electron chi connectivity index (χ2n) is 16.1. The molecule has 10 rings (SSSR count). The van der Waals surface area contributed by atoms with Crippen molar-refractivity contribution >= 4 is 52.1 Å². The summed E-state index contributed by atoms with van der Waals surface area (Å²) in [6, 6.07) is 23.9. The number of carbonyl (C=O) groups excluding carboxylic acids is 5. The van der Waals surface area contributed by atoms with Crippen molar-refractivity contribution in [3.05, 3.63) is 96.2 Å². The molecule has 0 radical (unpaired) electrons. The van der Waals surface area contributed by atoms with E-state index in [1.807, 2.05) is 75.1 Å². The van der Waals surface area contributed by atoms with Crippen molar-refractivity contribution in [3.63, 3.8) is 0 Å². The van der Waals surface area contributed by atoms with Crippen LogP contribution < -0.4 is 20.7 Å².